The Kier molecular flexibility index (Phi) is 1.92. The van der Waals surface area contributed by atoms with Crippen LogP contribution < -0.4 is 0 Å². The maximum atomic E-state index is 9.28. The van der Waals surface area contributed by atoms with Crippen molar-refractivity contribution in [1.29, 1.82) is 5.26 Å². The van der Waals surface area contributed by atoms with E-state index in [2.05, 4.69) is 5.10 Å². The average Bonchev–Trinajstić information content (AvgIpc) is 2.70. The standard InChI is InChI=1S/C10H7N3O/c11-7-8-2-3-9(14)6-10(8)13-5-1-4-12-13/h1-6,14H. The van der Waals surface area contributed by atoms with Crippen molar-refractivity contribution in [3.05, 3.63) is 42.2 Å². The van der Waals surface area contributed by atoms with Gasteiger partial charge in [-0.3, -0.25) is 0 Å². The Bertz CT molecular complexity index is 483. The van der Waals surface area contributed by atoms with Gasteiger partial charge in [-0.2, -0.15) is 10.4 Å². The number of nitrogens with zero attached hydrogens (tertiary/aromatic N) is 3. The number of phenolic OH excluding ortho intramolecular Hbond substituents is 1. The van der Waals surface area contributed by atoms with E-state index in [0.29, 0.717) is 11.3 Å². The zero-order chi connectivity index (χ0) is 9.97. The van der Waals surface area contributed by atoms with Crippen molar-refractivity contribution in [2.45, 2.75) is 0 Å². The second-order valence-corrected chi connectivity index (χ2v) is 2.76. The molecule has 0 unspecified atom stereocenters. The Hall–Kier alpha value is -2.28. The zero-order valence-corrected chi connectivity index (χ0v) is 7.25. The molecule has 0 atom stereocenters. The molecular formula is C10H7N3O. The van der Waals surface area contributed by atoms with Gasteiger partial charge in [0.05, 0.1) is 11.3 Å². The third-order valence-electron chi connectivity index (χ3n) is 1.85. The lowest BCUT2D eigenvalue weighted by molar-refractivity contribution is 0.474. The number of hydrogen-bond donors (Lipinski definition) is 1. The molecule has 0 spiro atoms. The van der Waals surface area contributed by atoms with Crippen molar-refractivity contribution in [3.63, 3.8) is 0 Å². The lowest BCUT2D eigenvalue weighted by Crippen LogP contribution is -1.97. The van der Waals surface area contributed by atoms with Crippen LogP contribution in [-0.4, -0.2) is 14.9 Å². The first-order chi connectivity index (χ1) is 6.81. The molecule has 2 aromatic rings. The molecule has 1 heterocycles. The molecule has 0 saturated carbocycles. The third-order valence-corrected chi connectivity index (χ3v) is 1.85. The summed E-state index contributed by atoms with van der Waals surface area (Å²) in [4.78, 5) is 0. The van der Waals surface area contributed by atoms with E-state index in [1.807, 2.05) is 6.07 Å². The van der Waals surface area contributed by atoms with Crippen molar-refractivity contribution in [2.75, 3.05) is 0 Å². The quantitative estimate of drug-likeness (QED) is 0.731. The van der Waals surface area contributed by atoms with Crippen LogP contribution in [0.1, 0.15) is 5.56 Å². The van der Waals surface area contributed by atoms with Crippen LogP contribution in [0.3, 0.4) is 0 Å². The Morgan fingerprint density at radius 2 is 2.29 bits per heavy atom. The van der Waals surface area contributed by atoms with E-state index in [1.54, 1.807) is 24.5 Å². The van der Waals surface area contributed by atoms with E-state index in [0.717, 1.165) is 0 Å². The molecule has 68 valence electrons. The monoisotopic (exact) mass is 185 g/mol. The first kappa shape index (κ1) is 8.32. The van der Waals surface area contributed by atoms with Crippen LogP contribution in [0.2, 0.25) is 0 Å². The molecular weight excluding hydrogens is 178 g/mol. The summed E-state index contributed by atoms with van der Waals surface area (Å²) < 4.78 is 1.54. The van der Waals surface area contributed by atoms with Crippen LogP contribution in [-0.2, 0) is 0 Å². The SMILES string of the molecule is N#Cc1ccc(O)cc1-n1cccn1. The Morgan fingerprint density at radius 1 is 1.43 bits per heavy atom. The van der Waals surface area contributed by atoms with Crippen LogP contribution in [0.4, 0.5) is 0 Å². The highest BCUT2D eigenvalue weighted by molar-refractivity contribution is 5.51. The van der Waals surface area contributed by atoms with Crippen molar-refractivity contribution in [1.82, 2.24) is 9.78 Å². The van der Waals surface area contributed by atoms with Gasteiger partial charge in [-0.25, -0.2) is 4.68 Å². The average molecular weight is 185 g/mol. The van der Waals surface area contributed by atoms with Gasteiger partial charge < -0.3 is 5.11 Å². The second-order valence-electron chi connectivity index (χ2n) is 2.76. The van der Waals surface area contributed by atoms with E-state index in [9.17, 15) is 5.11 Å². The predicted molar refractivity (Wildman–Crippen MR) is 49.9 cm³/mol. The molecule has 1 N–H and O–H groups in total. The van der Waals surface area contributed by atoms with Crippen LogP contribution in [0.5, 0.6) is 5.75 Å². The van der Waals surface area contributed by atoms with Gasteiger partial charge in [0.1, 0.15) is 11.8 Å². The molecule has 0 radical (unpaired) electrons. The minimum atomic E-state index is 0.120. The van der Waals surface area contributed by atoms with E-state index >= 15 is 0 Å². The van der Waals surface area contributed by atoms with Crippen LogP contribution in [0.25, 0.3) is 5.69 Å². The lowest BCUT2D eigenvalue weighted by atomic mass is 10.2. The van der Waals surface area contributed by atoms with Gasteiger partial charge in [0.25, 0.3) is 0 Å². The summed E-state index contributed by atoms with van der Waals surface area (Å²) >= 11 is 0. The first-order valence-electron chi connectivity index (χ1n) is 4.04. The van der Waals surface area contributed by atoms with Crippen molar-refractivity contribution >= 4 is 0 Å². The normalized spacial score (nSPS) is 9.64. The minimum Gasteiger partial charge on any atom is -0.508 e. The zero-order valence-electron chi connectivity index (χ0n) is 7.25. The van der Waals surface area contributed by atoms with E-state index in [1.165, 1.54) is 16.8 Å². The van der Waals surface area contributed by atoms with Gasteiger partial charge in [-0.1, -0.05) is 0 Å². The van der Waals surface area contributed by atoms with Crippen molar-refractivity contribution < 1.29 is 5.11 Å². The minimum absolute atomic E-state index is 0.120. The van der Waals surface area contributed by atoms with Crippen LogP contribution >= 0.6 is 0 Å². The molecule has 0 bridgehead atoms. The van der Waals surface area contributed by atoms with Gasteiger partial charge in [0, 0.05) is 18.5 Å². The maximum absolute atomic E-state index is 9.28. The fourth-order valence-corrected chi connectivity index (χ4v) is 1.22. The van der Waals surface area contributed by atoms with E-state index < -0.39 is 0 Å². The molecule has 0 aliphatic rings. The van der Waals surface area contributed by atoms with Crippen LogP contribution in [0, 0.1) is 11.3 Å². The Morgan fingerprint density at radius 3 is 2.93 bits per heavy atom. The topological polar surface area (TPSA) is 61.8 Å². The molecule has 4 nitrogen and oxygen atoms in total. The Labute approximate surface area is 80.6 Å². The summed E-state index contributed by atoms with van der Waals surface area (Å²) in [6.45, 7) is 0. The van der Waals surface area contributed by atoms with Crippen LogP contribution in [0.15, 0.2) is 36.7 Å². The lowest BCUT2D eigenvalue weighted by Gasteiger charge is -2.03. The number of hydrogen-bond acceptors (Lipinski definition) is 3. The fourth-order valence-electron chi connectivity index (χ4n) is 1.22. The number of rotatable bonds is 1. The predicted octanol–water partition coefficient (Wildman–Crippen LogP) is 1.45. The van der Waals surface area contributed by atoms with E-state index in [-0.39, 0.29) is 5.75 Å². The summed E-state index contributed by atoms with van der Waals surface area (Å²) in [6.07, 6.45) is 3.33. The number of benzene rings is 1. The molecule has 0 fully saturated rings. The summed E-state index contributed by atoms with van der Waals surface area (Å²) in [7, 11) is 0. The molecule has 4 heteroatoms. The maximum Gasteiger partial charge on any atom is 0.117 e. The molecule has 0 saturated heterocycles. The van der Waals surface area contributed by atoms with Gasteiger partial charge in [0.15, 0.2) is 0 Å². The highest BCUT2D eigenvalue weighted by Gasteiger charge is 2.04. The fraction of sp³-hybridized carbons (Fsp3) is 0. The number of phenols is 1. The first-order valence-corrected chi connectivity index (χ1v) is 4.04. The second kappa shape index (κ2) is 3.23. The molecule has 1 aromatic carbocycles. The van der Waals surface area contributed by atoms with E-state index in [4.69, 9.17) is 5.26 Å². The molecule has 1 aromatic heterocycles. The van der Waals surface area contributed by atoms with Gasteiger partial charge >= 0.3 is 0 Å². The van der Waals surface area contributed by atoms with Gasteiger partial charge in [-0.15, -0.1) is 0 Å². The molecule has 0 amide bonds. The smallest absolute Gasteiger partial charge is 0.117 e. The van der Waals surface area contributed by atoms with Crippen molar-refractivity contribution in [2.24, 2.45) is 0 Å². The number of nitriles is 1. The molecule has 0 aliphatic heterocycles. The largest absolute Gasteiger partial charge is 0.508 e. The Balaban J connectivity index is 2.63. The van der Waals surface area contributed by atoms with Gasteiger partial charge in [-0.05, 0) is 18.2 Å². The highest BCUT2D eigenvalue weighted by Crippen LogP contribution is 2.18. The molecule has 2 rings (SSSR count). The summed E-state index contributed by atoms with van der Waals surface area (Å²) in [5.74, 6) is 0.120. The summed E-state index contributed by atoms with van der Waals surface area (Å²) in [5, 5.41) is 22.1. The number of aromatic nitrogens is 2. The summed E-state index contributed by atoms with van der Waals surface area (Å²) in [5.41, 5.74) is 1.06. The van der Waals surface area contributed by atoms with Gasteiger partial charge in [0.2, 0.25) is 0 Å². The molecule has 14 heavy (non-hydrogen) atoms. The van der Waals surface area contributed by atoms with Crippen molar-refractivity contribution in [3.8, 4) is 17.5 Å². The third kappa shape index (κ3) is 1.31. The highest BCUT2D eigenvalue weighted by atomic mass is 16.3. The molecule has 0 aliphatic carbocycles. The summed E-state index contributed by atoms with van der Waals surface area (Å²) in [6, 6.07) is 8.34. The number of aromatic hydroxyl groups is 1.